The zero-order chi connectivity index (χ0) is 23.1. The summed E-state index contributed by atoms with van der Waals surface area (Å²) in [6.45, 7) is 6.94. The highest BCUT2D eigenvalue weighted by Gasteiger charge is 2.19. The first kappa shape index (κ1) is 23.8. The van der Waals surface area contributed by atoms with Gasteiger partial charge in [0.15, 0.2) is 11.0 Å². The monoisotopic (exact) mass is 474 g/mol. The molecule has 0 aliphatic carbocycles. The van der Waals surface area contributed by atoms with Crippen molar-refractivity contribution in [1.82, 2.24) is 14.8 Å². The van der Waals surface area contributed by atoms with Gasteiger partial charge in [-0.1, -0.05) is 36.4 Å². The minimum absolute atomic E-state index is 0.136. The van der Waals surface area contributed by atoms with E-state index in [9.17, 15) is 9.59 Å². The molecule has 32 heavy (non-hydrogen) atoms. The highest BCUT2D eigenvalue weighted by Crippen LogP contribution is 2.29. The Hall–Kier alpha value is -2.85. The molecule has 1 aromatic carbocycles. The highest BCUT2D eigenvalue weighted by molar-refractivity contribution is 7.99. The first-order valence-electron chi connectivity index (χ1n) is 10.2. The zero-order valence-electron chi connectivity index (χ0n) is 18.5. The summed E-state index contributed by atoms with van der Waals surface area (Å²) < 4.78 is 12.6. The van der Waals surface area contributed by atoms with Gasteiger partial charge in [0, 0.05) is 11.4 Å². The topological polar surface area (TPSA) is 95.3 Å². The quantitative estimate of drug-likeness (QED) is 0.345. The van der Waals surface area contributed by atoms with E-state index >= 15 is 0 Å². The molecule has 0 spiro atoms. The Morgan fingerprint density at radius 3 is 2.59 bits per heavy atom. The Kier molecular flexibility index (Phi) is 8.29. The molecule has 0 radical (unpaired) electrons. The van der Waals surface area contributed by atoms with Gasteiger partial charge in [-0.05, 0) is 38.5 Å². The van der Waals surface area contributed by atoms with E-state index in [4.69, 9.17) is 9.47 Å². The molecule has 170 valence electrons. The fourth-order valence-electron chi connectivity index (χ4n) is 2.90. The predicted molar refractivity (Wildman–Crippen MR) is 126 cm³/mol. The van der Waals surface area contributed by atoms with Crippen molar-refractivity contribution in [3.8, 4) is 5.75 Å². The number of nitrogens with one attached hydrogen (secondary N) is 1. The number of carbonyl (C=O) groups excluding carboxylic acids is 2. The van der Waals surface area contributed by atoms with E-state index in [2.05, 4.69) is 15.5 Å². The number of amides is 1. The molecule has 0 saturated heterocycles. The molecule has 8 nitrogen and oxygen atoms in total. The number of anilines is 1. The van der Waals surface area contributed by atoms with Crippen molar-refractivity contribution in [1.29, 1.82) is 0 Å². The second kappa shape index (κ2) is 11.1. The van der Waals surface area contributed by atoms with E-state index in [0.29, 0.717) is 28.1 Å². The number of aryl methyl sites for hydroxylation is 2. The molecule has 3 rings (SSSR count). The van der Waals surface area contributed by atoms with E-state index in [-0.39, 0.29) is 18.3 Å². The number of hydrogen-bond donors (Lipinski definition) is 1. The maximum Gasteiger partial charge on any atom is 0.340 e. The highest BCUT2D eigenvalue weighted by atomic mass is 32.2. The van der Waals surface area contributed by atoms with Crippen LogP contribution in [-0.2, 0) is 29.1 Å². The number of benzene rings is 1. The van der Waals surface area contributed by atoms with Crippen LogP contribution in [-0.4, -0.2) is 39.5 Å². The van der Waals surface area contributed by atoms with E-state index in [0.717, 1.165) is 17.0 Å². The first-order chi connectivity index (χ1) is 15.4. The van der Waals surface area contributed by atoms with Gasteiger partial charge in [-0.15, -0.1) is 21.5 Å². The summed E-state index contributed by atoms with van der Waals surface area (Å²) in [6, 6.07) is 9.57. The Morgan fingerprint density at radius 1 is 1.19 bits per heavy atom. The SMILES string of the molecule is CCc1cc(C(=O)OC)c(NC(=O)CSc2nnc(COc3ccc(C)cc3)n2CC)s1. The standard InChI is InChI=1S/C22H26N4O4S2/c1-5-16-11-17(21(28)29-4)20(32-16)23-19(27)13-31-22-25-24-18(26(22)6-2)12-30-15-9-7-14(3)8-10-15/h7-11H,5-6,12-13H2,1-4H3,(H,23,27). The van der Waals surface area contributed by atoms with Gasteiger partial charge in [-0.25, -0.2) is 4.79 Å². The number of carbonyl (C=O) groups is 2. The van der Waals surface area contributed by atoms with Crippen LogP contribution in [0, 0.1) is 6.92 Å². The number of nitrogens with zero attached hydrogens (tertiary/aromatic N) is 3. The van der Waals surface area contributed by atoms with Crippen molar-refractivity contribution in [2.75, 3.05) is 18.2 Å². The number of esters is 1. The largest absolute Gasteiger partial charge is 0.486 e. The molecule has 0 aliphatic heterocycles. The van der Waals surface area contributed by atoms with E-state index in [1.807, 2.05) is 49.6 Å². The summed E-state index contributed by atoms with van der Waals surface area (Å²) in [7, 11) is 1.32. The smallest absolute Gasteiger partial charge is 0.340 e. The maximum absolute atomic E-state index is 12.5. The summed E-state index contributed by atoms with van der Waals surface area (Å²) in [5.41, 5.74) is 1.54. The predicted octanol–water partition coefficient (Wildman–Crippen LogP) is 4.33. The zero-order valence-corrected chi connectivity index (χ0v) is 20.1. The first-order valence-corrected chi connectivity index (χ1v) is 12.0. The van der Waals surface area contributed by atoms with Crippen molar-refractivity contribution in [3.63, 3.8) is 0 Å². The van der Waals surface area contributed by atoms with E-state index < -0.39 is 5.97 Å². The average Bonchev–Trinajstić information content (AvgIpc) is 3.40. The molecule has 3 aromatic rings. The van der Waals surface area contributed by atoms with Gasteiger partial charge in [-0.3, -0.25) is 4.79 Å². The van der Waals surface area contributed by atoms with Gasteiger partial charge in [0.1, 0.15) is 17.4 Å². The van der Waals surface area contributed by atoms with Crippen molar-refractivity contribution < 1.29 is 19.1 Å². The second-order valence-electron chi connectivity index (χ2n) is 6.88. The lowest BCUT2D eigenvalue weighted by molar-refractivity contribution is -0.113. The third-order valence-corrected chi connectivity index (χ3v) is 6.78. The Labute approximate surface area is 195 Å². The summed E-state index contributed by atoms with van der Waals surface area (Å²) in [5.74, 6) is 0.894. The maximum atomic E-state index is 12.5. The molecule has 10 heteroatoms. The Morgan fingerprint density at radius 2 is 1.94 bits per heavy atom. The molecular formula is C22H26N4O4S2. The normalized spacial score (nSPS) is 10.8. The molecule has 0 atom stereocenters. The third-order valence-electron chi connectivity index (χ3n) is 4.62. The molecular weight excluding hydrogens is 448 g/mol. The molecule has 0 saturated carbocycles. The number of rotatable bonds is 10. The van der Waals surface area contributed by atoms with Gasteiger partial charge in [0.05, 0.1) is 18.4 Å². The van der Waals surface area contributed by atoms with Gasteiger partial charge in [0.25, 0.3) is 0 Å². The Balaban J connectivity index is 1.61. The molecule has 0 unspecified atom stereocenters. The van der Waals surface area contributed by atoms with Crippen molar-refractivity contribution in [3.05, 3.63) is 52.2 Å². The van der Waals surface area contributed by atoms with Gasteiger partial charge < -0.3 is 19.4 Å². The third kappa shape index (κ3) is 5.89. The molecule has 1 N–H and O–H groups in total. The van der Waals surface area contributed by atoms with Crippen LogP contribution in [0.1, 0.15) is 40.5 Å². The lowest BCUT2D eigenvalue weighted by Gasteiger charge is -2.09. The minimum Gasteiger partial charge on any atom is -0.486 e. The van der Waals surface area contributed by atoms with Gasteiger partial charge in [0.2, 0.25) is 5.91 Å². The number of hydrogen-bond acceptors (Lipinski definition) is 8. The molecule has 2 aromatic heterocycles. The summed E-state index contributed by atoms with van der Waals surface area (Å²) in [5, 5.41) is 12.4. The fraction of sp³-hybridized carbons (Fsp3) is 0.364. The van der Waals surface area contributed by atoms with Crippen LogP contribution >= 0.6 is 23.1 Å². The van der Waals surface area contributed by atoms with Crippen molar-refractivity contribution >= 4 is 40.0 Å². The molecule has 0 aliphatic rings. The van der Waals surface area contributed by atoms with Crippen LogP contribution in [0.3, 0.4) is 0 Å². The minimum atomic E-state index is -0.465. The molecule has 2 heterocycles. The van der Waals surface area contributed by atoms with Crippen molar-refractivity contribution in [2.45, 2.75) is 45.5 Å². The summed E-state index contributed by atoms with van der Waals surface area (Å²) in [4.78, 5) is 25.5. The average molecular weight is 475 g/mol. The van der Waals surface area contributed by atoms with Gasteiger partial charge >= 0.3 is 5.97 Å². The number of ether oxygens (including phenoxy) is 2. The second-order valence-corrected chi connectivity index (χ2v) is 8.96. The Bertz CT molecular complexity index is 1080. The summed E-state index contributed by atoms with van der Waals surface area (Å²) >= 11 is 2.66. The fourth-order valence-corrected chi connectivity index (χ4v) is 4.72. The van der Waals surface area contributed by atoms with Crippen LogP contribution in [0.5, 0.6) is 5.75 Å². The van der Waals surface area contributed by atoms with Crippen LogP contribution < -0.4 is 10.1 Å². The lowest BCUT2D eigenvalue weighted by atomic mass is 10.2. The van der Waals surface area contributed by atoms with Crippen LogP contribution in [0.15, 0.2) is 35.5 Å². The van der Waals surface area contributed by atoms with Gasteiger partial charge in [-0.2, -0.15) is 0 Å². The lowest BCUT2D eigenvalue weighted by Crippen LogP contribution is -2.16. The van der Waals surface area contributed by atoms with E-state index in [1.165, 1.54) is 35.8 Å². The van der Waals surface area contributed by atoms with E-state index in [1.54, 1.807) is 6.07 Å². The number of thioether (sulfide) groups is 1. The summed E-state index contributed by atoms with van der Waals surface area (Å²) in [6.07, 6.45) is 0.770. The number of aromatic nitrogens is 3. The van der Waals surface area contributed by atoms with Crippen LogP contribution in [0.4, 0.5) is 5.00 Å². The van der Waals surface area contributed by atoms with Crippen molar-refractivity contribution in [2.24, 2.45) is 0 Å². The molecule has 0 fully saturated rings. The van der Waals surface area contributed by atoms with Crippen LogP contribution in [0.2, 0.25) is 0 Å². The molecule has 0 bridgehead atoms. The number of methoxy groups -OCH3 is 1. The number of thiophene rings is 1. The van der Waals surface area contributed by atoms with Crippen LogP contribution in [0.25, 0.3) is 0 Å². The molecule has 1 amide bonds.